The molecule has 0 atom stereocenters. The number of para-hydroxylation sites is 2. The number of nitrogens with one attached hydrogen (secondary N) is 2. The van der Waals surface area contributed by atoms with Crippen molar-refractivity contribution >= 4 is 34.4 Å². The summed E-state index contributed by atoms with van der Waals surface area (Å²) in [7, 11) is 0. The average Bonchev–Trinajstić information content (AvgIpc) is 3.26. The molecule has 2 N–H and O–H groups in total. The predicted octanol–water partition coefficient (Wildman–Crippen LogP) is 13.3. The van der Waals surface area contributed by atoms with Crippen molar-refractivity contribution in [3.63, 3.8) is 0 Å². The minimum atomic E-state index is 0.238. The molecule has 4 heteroatoms. The van der Waals surface area contributed by atoms with E-state index >= 15 is 0 Å². The molecule has 0 aliphatic rings. The number of rotatable bonds is 9. The molecule has 0 saturated heterocycles. The quantitative estimate of drug-likeness (QED) is 0.116. The summed E-state index contributed by atoms with van der Waals surface area (Å²) in [5.41, 5.74) is 13.5. The fraction of sp³-hybridized carbons (Fsp3) is 0.0196. The molecular formula is C51H40N4. The highest BCUT2D eigenvalue weighted by Gasteiger charge is 2.21. The lowest BCUT2D eigenvalue weighted by Gasteiger charge is -2.26. The molecular weight excluding hydrogens is 669 g/mol. The van der Waals surface area contributed by atoms with Crippen LogP contribution in [0.1, 0.15) is 16.7 Å². The summed E-state index contributed by atoms with van der Waals surface area (Å²) < 4.78 is 0. The Morgan fingerprint density at radius 1 is 0.327 bits per heavy atom. The van der Waals surface area contributed by atoms with Crippen molar-refractivity contribution in [3.8, 4) is 33.4 Å². The number of benzene rings is 8. The lowest BCUT2D eigenvalue weighted by atomic mass is 9.89. The van der Waals surface area contributed by atoms with Gasteiger partial charge in [-0.1, -0.05) is 169 Å². The van der Waals surface area contributed by atoms with Crippen molar-refractivity contribution in [1.82, 2.24) is 0 Å². The Labute approximate surface area is 323 Å². The van der Waals surface area contributed by atoms with Gasteiger partial charge in [0.05, 0.1) is 0 Å². The Morgan fingerprint density at radius 3 is 1.16 bits per heavy atom. The van der Waals surface area contributed by atoms with Gasteiger partial charge in [-0.25, -0.2) is 0 Å². The predicted molar refractivity (Wildman–Crippen MR) is 231 cm³/mol. The van der Waals surface area contributed by atoms with Crippen LogP contribution in [0.5, 0.6) is 0 Å². The highest BCUT2D eigenvalue weighted by molar-refractivity contribution is 6.27. The van der Waals surface area contributed by atoms with Crippen molar-refractivity contribution in [3.05, 3.63) is 229 Å². The second kappa shape index (κ2) is 15.7. The fourth-order valence-corrected chi connectivity index (χ4v) is 7.06. The number of aryl methyl sites for hydroxylation is 1. The summed E-state index contributed by atoms with van der Waals surface area (Å²) in [6, 6.07) is 72.5. The monoisotopic (exact) mass is 708 g/mol. The molecule has 264 valence electrons. The van der Waals surface area contributed by atoms with Crippen molar-refractivity contribution in [2.75, 3.05) is 9.80 Å². The van der Waals surface area contributed by atoms with E-state index in [0.29, 0.717) is 0 Å². The summed E-state index contributed by atoms with van der Waals surface area (Å²) in [6.45, 7) is 2.11. The Hall–Kier alpha value is -7.30. The summed E-state index contributed by atoms with van der Waals surface area (Å²) in [5, 5.41) is 18.4. The third-order valence-electron chi connectivity index (χ3n) is 9.87. The van der Waals surface area contributed by atoms with Crippen LogP contribution in [-0.2, 0) is 0 Å². The third kappa shape index (κ3) is 7.35. The van der Waals surface area contributed by atoms with Crippen LogP contribution in [0.2, 0.25) is 0 Å². The normalized spacial score (nSPS) is 10.8. The second-order valence-corrected chi connectivity index (χ2v) is 13.5. The zero-order valence-corrected chi connectivity index (χ0v) is 30.6. The molecule has 0 unspecified atom stereocenters. The summed E-state index contributed by atoms with van der Waals surface area (Å²) in [4.78, 5) is 3.98. The molecule has 8 aromatic rings. The molecule has 0 aromatic heterocycles. The second-order valence-electron chi connectivity index (χ2n) is 13.5. The van der Waals surface area contributed by atoms with Crippen LogP contribution < -0.4 is 9.80 Å². The number of amidine groups is 2. The maximum atomic E-state index is 9.31. The Bertz CT molecular complexity index is 2550. The molecule has 8 rings (SSSR count). The molecule has 0 fully saturated rings. The Kier molecular flexibility index (Phi) is 9.95. The van der Waals surface area contributed by atoms with Gasteiger partial charge in [-0.15, -0.1) is 0 Å². The molecule has 0 radical (unpaired) electrons. The molecule has 55 heavy (non-hydrogen) atoms. The van der Waals surface area contributed by atoms with Gasteiger partial charge in [-0.2, -0.15) is 0 Å². The number of hydrogen-bond acceptors (Lipinski definition) is 3. The first kappa shape index (κ1) is 34.8. The van der Waals surface area contributed by atoms with Crippen LogP contribution in [0, 0.1) is 17.7 Å². The van der Waals surface area contributed by atoms with Crippen molar-refractivity contribution in [2.45, 2.75) is 6.92 Å². The zero-order valence-electron chi connectivity index (χ0n) is 30.6. The topological polar surface area (TPSA) is 54.2 Å². The van der Waals surface area contributed by atoms with Gasteiger partial charge in [-0.05, 0) is 88.8 Å². The number of anilines is 4. The van der Waals surface area contributed by atoms with Gasteiger partial charge in [0, 0.05) is 33.9 Å². The SMILES string of the molecule is Cc1ccc(N(c2ccccc2)c2ccc(-c3ccccc3-c3ccccc3-c3ccc(C(=N)N(C(=N)c4ccccc4)c4ccccc4)cc3)cc2)cc1. The third-order valence-corrected chi connectivity index (χ3v) is 9.87. The van der Waals surface area contributed by atoms with E-state index in [0.717, 1.165) is 67.3 Å². The van der Waals surface area contributed by atoms with Gasteiger partial charge in [0.15, 0.2) is 0 Å². The Balaban J connectivity index is 1.11. The molecule has 0 saturated carbocycles. The summed E-state index contributed by atoms with van der Waals surface area (Å²) in [6.07, 6.45) is 0. The van der Waals surface area contributed by atoms with Crippen molar-refractivity contribution in [1.29, 1.82) is 10.8 Å². The number of nitrogens with zero attached hydrogens (tertiary/aromatic N) is 2. The zero-order chi connectivity index (χ0) is 37.6. The molecule has 0 spiro atoms. The minimum absolute atomic E-state index is 0.238. The highest BCUT2D eigenvalue weighted by atomic mass is 15.2. The van der Waals surface area contributed by atoms with Crippen LogP contribution in [0.4, 0.5) is 22.7 Å². The smallest absolute Gasteiger partial charge is 0.138 e. The van der Waals surface area contributed by atoms with E-state index in [1.807, 2.05) is 78.9 Å². The maximum absolute atomic E-state index is 9.31. The molecule has 0 amide bonds. The van der Waals surface area contributed by atoms with E-state index in [-0.39, 0.29) is 11.7 Å². The van der Waals surface area contributed by atoms with Crippen LogP contribution in [0.15, 0.2) is 212 Å². The van der Waals surface area contributed by atoms with Gasteiger partial charge < -0.3 is 4.90 Å². The molecule has 4 nitrogen and oxygen atoms in total. The number of hydrogen-bond donors (Lipinski definition) is 2. The lowest BCUT2D eigenvalue weighted by Crippen LogP contribution is -2.37. The Morgan fingerprint density at radius 2 is 0.673 bits per heavy atom. The van der Waals surface area contributed by atoms with Gasteiger partial charge in [0.2, 0.25) is 0 Å². The standard InChI is InChI=1S/C51H40N4/c1-37-25-33-44(34-26-37)54(42-17-7-3-8-18-42)45-35-31-39(32-36-45)47-22-12-14-24-49(47)48-23-13-11-21-46(48)38-27-29-41(30-28-38)51(53)55(43-19-9-4-10-20-43)50(52)40-15-5-2-6-16-40/h2-36,52-53H,1H3. The van der Waals surface area contributed by atoms with E-state index in [1.54, 1.807) is 4.90 Å². The van der Waals surface area contributed by atoms with E-state index in [4.69, 9.17) is 5.41 Å². The van der Waals surface area contributed by atoms with Gasteiger partial charge in [0.25, 0.3) is 0 Å². The van der Waals surface area contributed by atoms with Gasteiger partial charge in [0.1, 0.15) is 11.7 Å². The minimum Gasteiger partial charge on any atom is -0.311 e. The van der Waals surface area contributed by atoms with Gasteiger partial charge >= 0.3 is 0 Å². The fourth-order valence-electron chi connectivity index (χ4n) is 7.06. The summed E-state index contributed by atoms with van der Waals surface area (Å²) in [5.74, 6) is 0.487. The molecule has 0 bridgehead atoms. The van der Waals surface area contributed by atoms with E-state index in [1.165, 1.54) is 5.56 Å². The lowest BCUT2D eigenvalue weighted by molar-refractivity contribution is 1.27. The van der Waals surface area contributed by atoms with Crippen LogP contribution in [-0.4, -0.2) is 11.7 Å². The van der Waals surface area contributed by atoms with E-state index in [2.05, 4.69) is 145 Å². The van der Waals surface area contributed by atoms with Crippen molar-refractivity contribution in [2.24, 2.45) is 0 Å². The first-order chi connectivity index (χ1) is 27.0. The largest absolute Gasteiger partial charge is 0.311 e. The van der Waals surface area contributed by atoms with Crippen molar-refractivity contribution < 1.29 is 0 Å². The van der Waals surface area contributed by atoms with Crippen LogP contribution in [0.25, 0.3) is 33.4 Å². The molecule has 8 aromatic carbocycles. The van der Waals surface area contributed by atoms with E-state index < -0.39 is 0 Å². The first-order valence-electron chi connectivity index (χ1n) is 18.4. The average molecular weight is 709 g/mol. The van der Waals surface area contributed by atoms with Gasteiger partial charge in [-0.3, -0.25) is 15.7 Å². The molecule has 0 heterocycles. The van der Waals surface area contributed by atoms with Crippen LogP contribution >= 0.6 is 0 Å². The molecule has 0 aliphatic heterocycles. The highest BCUT2D eigenvalue weighted by Crippen LogP contribution is 2.40. The first-order valence-corrected chi connectivity index (χ1v) is 18.4. The van der Waals surface area contributed by atoms with E-state index in [9.17, 15) is 5.41 Å². The van der Waals surface area contributed by atoms with Crippen LogP contribution in [0.3, 0.4) is 0 Å². The maximum Gasteiger partial charge on any atom is 0.138 e. The summed E-state index contributed by atoms with van der Waals surface area (Å²) >= 11 is 0. The molecule has 0 aliphatic carbocycles.